The van der Waals surface area contributed by atoms with Gasteiger partial charge in [0.15, 0.2) is 4.96 Å². The fraction of sp³-hybridized carbons (Fsp3) is 0.250. The third-order valence-corrected chi connectivity index (χ3v) is 6.62. The van der Waals surface area contributed by atoms with Crippen LogP contribution in [0.4, 0.5) is 0 Å². The zero-order valence-corrected chi connectivity index (χ0v) is 17.0. The normalized spacial score (nSPS) is 17.4. The summed E-state index contributed by atoms with van der Waals surface area (Å²) in [6, 6.07) is 20.8. The molecule has 0 aliphatic carbocycles. The molecule has 1 saturated heterocycles. The SMILES string of the molecule is O=C(c1csc2nc(-c3ccccc3)cn12)N1CCC[C@H](c2ccccc2)CC1. The van der Waals surface area contributed by atoms with E-state index >= 15 is 0 Å². The van der Waals surface area contributed by atoms with Gasteiger partial charge in [0.05, 0.1) is 5.69 Å². The van der Waals surface area contributed by atoms with E-state index < -0.39 is 0 Å². The number of thiazole rings is 1. The van der Waals surface area contributed by atoms with Crippen LogP contribution in [0.5, 0.6) is 0 Å². The van der Waals surface area contributed by atoms with Crippen molar-refractivity contribution in [2.45, 2.75) is 25.2 Å². The van der Waals surface area contributed by atoms with Crippen LogP contribution in [0.15, 0.2) is 72.2 Å². The lowest BCUT2D eigenvalue weighted by molar-refractivity contribution is 0.0754. The first-order valence-corrected chi connectivity index (χ1v) is 11.0. The Kier molecular flexibility index (Phi) is 4.90. The fourth-order valence-corrected chi connectivity index (χ4v) is 5.05. The number of nitrogens with zero attached hydrogens (tertiary/aromatic N) is 3. The van der Waals surface area contributed by atoms with Crippen molar-refractivity contribution in [3.63, 3.8) is 0 Å². The number of amides is 1. The summed E-state index contributed by atoms with van der Waals surface area (Å²) in [7, 11) is 0. The molecular weight excluding hydrogens is 378 g/mol. The van der Waals surface area contributed by atoms with Gasteiger partial charge in [-0.2, -0.15) is 0 Å². The maximum atomic E-state index is 13.3. The summed E-state index contributed by atoms with van der Waals surface area (Å²) in [4.78, 5) is 20.9. The van der Waals surface area contributed by atoms with E-state index in [1.165, 1.54) is 16.9 Å². The quantitative estimate of drug-likeness (QED) is 0.456. The molecule has 146 valence electrons. The number of aromatic nitrogens is 2. The van der Waals surface area contributed by atoms with Crippen molar-refractivity contribution in [1.82, 2.24) is 14.3 Å². The monoisotopic (exact) mass is 401 g/mol. The summed E-state index contributed by atoms with van der Waals surface area (Å²) in [6.07, 6.45) is 5.18. The van der Waals surface area contributed by atoms with Crippen molar-refractivity contribution in [3.8, 4) is 11.3 Å². The molecule has 1 fully saturated rings. The van der Waals surface area contributed by atoms with Crippen LogP contribution in [-0.4, -0.2) is 33.3 Å². The molecule has 0 N–H and O–H groups in total. The maximum Gasteiger partial charge on any atom is 0.271 e. The number of imidazole rings is 1. The molecule has 1 aliphatic heterocycles. The minimum absolute atomic E-state index is 0.113. The Morgan fingerprint density at radius 1 is 0.966 bits per heavy atom. The molecule has 4 aromatic rings. The predicted molar refractivity (Wildman–Crippen MR) is 117 cm³/mol. The number of likely N-dealkylation sites (tertiary alicyclic amines) is 1. The molecule has 4 nitrogen and oxygen atoms in total. The van der Waals surface area contributed by atoms with Crippen LogP contribution in [0.25, 0.3) is 16.2 Å². The summed E-state index contributed by atoms with van der Waals surface area (Å²) < 4.78 is 1.95. The highest BCUT2D eigenvalue weighted by atomic mass is 32.1. The molecule has 0 bridgehead atoms. The highest BCUT2D eigenvalue weighted by Crippen LogP contribution is 2.29. The largest absolute Gasteiger partial charge is 0.337 e. The van der Waals surface area contributed by atoms with Crippen molar-refractivity contribution < 1.29 is 4.79 Å². The Morgan fingerprint density at radius 2 is 1.72 bits per heavy atom. The van der Waals surface area contributed by atoms with Crippen LogP contribution in [-0.2, 0) is 0 Å². The number of rotatable bonds is 3. The molecule has 5 heteroatoms. The van der Waals surface area contributed by atoms with Gasteiger partial charge in [-0.1, -0.05) is 60.7 Å². The average Bonchev–Trinajstić information content (AvgIpc) is 3.27. The molecule has 1 amide bonds. The lowest BCUT2D eigenvalue weighted by Gasteiger charge is -2.20. The van der Waals surface area contributed by atoms with E-state index in [4.69, 9.17) is 4.98 Å². The van der Waals surface area contributed by atoms with E-state index in [0.717, 1.165) is 54.3 Å². The van der Waals surface area contributed by atoms with Crippen LogP contribution in [0.2, 0.25) is 0 Å². The number of carbonyl (C=O) groups is 1. The number of hydrogen-bond acceptors (Lipinski definition) is 3. The predicted octanol–water partition coefficient (Wildman–Crippen LogP) is 5.47. The average molecular weight is 402 g/mol. The lowest BCUT2D eigenvalue weighted by Crippen LogP contribution is -2.32. The summed E-state index contributed by atoms with van der Waals surface area (Å²) in [6.45, 7) is 1.62. The van der Waals surface area contributed by atoms with Crippen LogP contribution in [0.3, 0.4) is 0 Å². The van der Waals surface area contributed by atoms with Crippen LogP contribution in [0, 0.1) is 0 Å². The molecule has 0 unspecified atom stereocenters. The highest BCUT2D eigenvalue weighted by Gasteiger charge is 2.25. The number of hydrogen-bond donors (Lipinski definition) is 0. The van der Waals surface area contributed by atoms with Crippen molar-refractivity contribution >= 4 is 22.2 Å². The first-order valence-electron chi connectivity index (χ1n) is 10.2. The molecular formula is C24H23N3OS. The molecule has 2 aromatic carbocycles. The smallest absolute Gasteiger partial charge is 0.271 e. The Morgan fingerprint density at radius 3 is 2.52 bits per heavy atom. The Bertz CT molecular complexity index is 1120. The molecule has 2 aromatic heterocycles. The van der Waals surface area contributed by atoms with Crippen LogP contribution >= 0.6 is 11.3 Å². The van der Waals surface area contributed by atoms with Gasteiger partial charge in [-0.15, -0.1) is 11.3 Å². The highest BCUT2D eigenvalue weighted by molar-refractivity contribution is 7.15. The first kappa shape index (κ1) is 18.1. The Hall–Kier alpha value is -2.92. The van der Waals surface area contributed by atoms with Crippen LogP contribution < -0.4 is 0 Å². The third-order valence-electron chi connectivity index (χ3n) is 5.78. The molecule has 29 heavy (non-hydrogen) atoms. The number of fused-ring (bicyclic) bond motifs is 1. The standard InChI is InChI=1S/C24H23N3OS/c28-23(26-14-7-12-19(13-15-26)18-8-3-1-4-9-18)22-17-29-24-25-21(16-27(22)24)20-10-5-2-6-11-20/h1-6,8-11,16-17,19H,7,12-15H2/t19-/m0/s1. The molecule has 1 atom stereocenters. The third kappa shape index (κ3) is 3.58. The van der Waals surface area contributed by atoms with Gasteiger partial charge in [-0.05, 0) is 30.7 Å². The molecule has 3 heterocycles. The minimum atomic E-state index is 0.113. The Labute approximate surface area is 174 Å². The second kappa shape index (κ2) is 7.84. The van der Waals surface area contributed by atoms with E-state index in [1.54, 1.807) is 0 Å². The molecule has 0 radical (unpaired) electrons. The van der Waals surface area contributed by atoms with E-state index in [1.807, 2.05) is 51.2 Å². The lowest BCUT2D eigenvalue weighted by atomic mass is 9.92. The number of benzene rings is 2. The zero-order valence-electron chi connectivity index (χ0n) is 16.2. The summed E-state index contributed by atoms with van der Waals surface area (Å²) in [5, 5.41) is 1.94. The minimum Gasteiger partial charge on any atom is -0.337 e. The molecule has 1 aliphatic rings. The van der Waals surface area contributed by atoms with Crippen molar-refractivity contribution in [2.75, 3.05) is 13.1 Å². The summed E-state index contributed by atoms with van der Waals surface area (Å²) in [5.41, 5.74) is 4.09. The van der Waals surface area contributed by atoms with Gasteiger partial charge in [0, 0.05) is 30.2 Å². The summed E-state index contributed by atoms with van der Waals surface area (Å²) >= 11 is 1.53. The Balaban J connectivity index is 1.36. The fourth-order valence-electron chi connectivity index (χ4n) is 4.21. The van der Waals surface area contributed by atoms with Gasteiger partial charge in [0.25, 0.3) is 5.91 Å². The van der Waals surface area contributed by atoms with Crippen molar-refractivity contribution in [1.29, 1.82) is 0 Å². The first-order chi connectivity index (χ1) is 14.3. The van der Waals surface area contributed by atoms with Crippen LogP contribution in [0.1, 0.15) is 41.2 Å². The van der Waals surface area contributed by atoms with Gasteiger partial charge in [-0.25, -0.2) is 4.98 Å². The van der Waals surface area contributed by atoms with Gasteiger partial charge >= 0.3 is 0 Å². The topological polar surface area (TPSA) is 37.6 Å². The maximum absolute atomic E-state index is 13.3. The van der Waals surface area contributed by atoms with Crippen molar-refractivity contribution in [2.24, 2.45) is 0 Å². The van der Waals surface area contributed by atoms with E-state index in [2.05, 4.69) is 30.3 Å². The van der Waals surface area contributed by atoms with E-state index in [9.17, 15) is 4.79 Å². The number of carbonyl (C=O) groups excluding carboxylic acids is 1. The second-order valence-electron chi connectivity index (χ2n) is 7.60. The molecule has 0 saturated carbocycles. The van der Waals surface area contributed by atoms with Gasteiger partial charge < -0.3 is 4.90 Å². The van der Waals surface area contributed by atoms with Crippen molar-refractivity contribution in [3.05, 3.63) is 83.5 Å². The summed E-state index contributed by atoms with van der Waals surface area (Å²) in [5.74, 6) is 0.649. The van der Waals surface area contributed by atoms with E-state index in [-0.39, 0.29) is 5.91 Å². The van der Waals surface area contributed by atoms with Gasteiger partial charge in [0.1, 0.15) is 5.69 Å². The zero-order chi connectivity index (χ0) is 19.6. The molecule has 0 spiro atoms. The van der Waals surface area contributed by atoms with Gasteiger partial charge in [-0.3, -0.25) is 9.20 Å². The second-order valence-corrected chi connectivity index (χ2v) is 8.43. The molecule has 5 rings (SSSR count). The van der Waals surface area contributed by atoms with E-state index in [0.29, 0.717) is 5.92 Å². The van der Waals surface area contributed by atoms with Gasteiger partial charge in [0.2, 0.25) is 0 Å².